The Hall–Kier alpha value is -0.660. The van der Waals surface area contributed by atoms with Crippen LogP contribution in [0.2, 0.25) is 0 Å². The van der Waals surface area contributed by atoms with Gasteiger partial charge in [0, 0.05) is 12.5 Å². The van der Waals surface area contributed by atoms with Crippen LogP contribution >= 0.6 is 0 Å². The Balaban J connectivity index is 0. The van der Waals surface area contributed by atoms with Gasteiger partial charge in [-0.05, 0) is 6.92 Å². The topological polar surface area (TPSA) is 24.7 Å². The second-order valence-corrected chi connectivity index (χ2v) is 3.22. The summed E-state index contributed by atoms with van der Waals surface area (Å²) in [4.78, 5) is 0. The standard InChI is InChI=1S/C8H16N2.CH4/c1-6-7(10-9-5)8(2,3)4;/h6H,1-5H3;1H4/b7-6-,10-9?;. The maximum absolute atomic E-state index is 4.00. The molecule has 2 nitrogen and oxygen atoms in total. The molecule has 0 unspecified atom stereocenters. The van der Waals surface area contributed by atoms with E-state index in [1.807, 2.05) is 13.0 Å². The van der Waals surface area contributed by atoms with Gasteiger partial charge in [-0.1, -0.05) is 34.3 Å². The molecule has 0 spiro atoms. The lowest BCUT2D eigenvalue weighted by molar-refractivity contribution is 0.491. The molecule has 0 heterocycles. The summed E-state index contributed by atoms with van der Waals surface area (Å²) in [5, 5.41) is 7.73. The van der Waals surface area contributed by atoms with E-state index >= 15 is 0 Å². The third-order valence-corrected chi connectivity index (χ3v) is 1.25. The Morgan fingerprint density at radius 1 is 1.27 bits per heavy atom. The molecule has 0 rings (SSSR count). The van der Waals surface area contributed by atoms with Gasteiger partial charge in [0.15, 0.2) is 0 Å². The number of hydrogen-bond donors (Lipinski definition) is 0. The van der Waals surface area contributed by atoms with Crippen molar-refractivity contribution in [2.45, 2.75) is 35.1 Å². The van der Waals surface area contributed by atoms with Crippen LogP contribution in [0.3, 0.4) is 0 Å². The molecule has 0 N–H and O–H groups in total. The van der Waals surface area contributed by atoms with Crippen molar-refractivity contribution >= 4 is 0 Å². The first-order chi connectivity index (χ1) is 4.52. The summed E-state index contributed by atoms with van der Waals surface area (Å²) in [6.07, 6.45) is 1.99. The highest BCUT2D eigenvalue weighted by Gasteiger charge is 2.15. The number of allylic oxidation sites excluding steroid dienone is 2. The fourth-order valence-electron chi connectivity index (χ4n) is 0.748. The van der Waals surface area contributed by atoms with Gasteiger partial charge in [-0.15, -0.1) is 0 Å². The average Bonchev–Trinajstić information content (AvgIpc) is 1.80. The maximum Gasteiger partial charge on any atom is 0.0636 e. The predicted octanol–water partition coefficient (Wildman–Crippen LogP) is 3.65. The lowest BCUT2D eigenvalue weighted by Gasteiger charge is -2.17. The highest BCUT2D eigenvalue weighted by Crippen LogP contribution is 2.25. The van der Waals surface area contributed by atoms with Crippen LogP contribution in [0, 0.1) is 5.41 Å². The molecule has 0 aromatic carbocycles. The summed E-state index contributed by atoms with van der Waals surface area (Å²) < 4.78 is 0. The second kappa shape index (κ2) is 5.05. The van der Waals surface area contributed by atoms with Crippen LogP contribution in [0.1, 0.15) is 35.1 Å². The monoisotopic (exact) mass is 156 g/mol. The highest BCUT2D eigenvalue weighted by atomic mass is 15.1. The molecule has 0 aliphatic rings. The zero-order chi connectivity index (χ0) is 8.20. The molecule has 0 aromatic heterocycles. The Kier molecular flexibility index (Phi) is 5.96. The quantitative estimate of drug-likeness (QED) is 0.518. The van der Waals surface area contributed by atoms with Crippen LogP contribution < -0.4 is 0 Å². The molecular formula is C9H20N2. The van der Waals surface area contributed by atoms with Crippen molar-refractivity contribution in [3.63, 3.8) is 0 Å². The second-order valence-electron chi connectivity index (χ2n) is 3.22. The average molecular weight is 156 g/mol. The number of nitrogens with zero attached hydrogens (tertiary/aromatic N) is 2. The Morgan fingerprint density at radius 3 is 1.82 bits per heavy atom. The van der Waals surface area contributed by atoms with Crippen LogP contribution in [0.5, 0.6) is 0 Å². The Bertz CT molecular complexity index is 149. The SMILES string of the molecule is C.C/C=C(\N=NC)C(C)(C)C. The molecule has 0 radical (unpaired) electrons. The molecular weight excluding hydrogens is 136 g/mol. The van der Waals surface area contributed by atoms with Crippen LogP contribution in [0.15, 0.2) is 22.0 Å². The first-order valence-electron chi connectivity index (χ1n) is 3.49. The van der Waals surface area contributed by atoms with E-state index < -0.39 is 0 Å². The molecule has 0 aromatic rings. The van der Waals surface area contributed by atoms with Gasteiger partial charge in [-0.25, -0.2) is 0 Å². The van der Waals surface area contributed by atoms with Gasteiger partial charge in [0.05, 0.1) is 5.70 Å². The summed E-state index contributed by atoms with van der Waals surface area (Å²) in [6, 6.07) is 0. The van der Waals surface area contributed by atoms with Gasteiger partial charge >= 0.3 is 0 Å². The molecule has 0 saturated carbocycles. The third-order valence-electron chi connectivity index (χ3n) is 1.25. The summed E-state index contributed by atoms with van der Waals surface area (Å²) in [5.41, 5.74) is 1.16. The number of hydrogen-bond acceptors (Lipinski definition) is 2. The van der Waals surface area contributed by atoms with Gasteiger partial charge in [0.2, 0.25) is 0 Å². The molecule has 0 atom stereocenters. The van der Waals surface area contributed by atoms with Crippen molar-refractivity contribution in [2.24, 2.45) is 15.6 Å². The van der Waals surface area contributed by atoms with E-state index in [1.165, 1.54) is 0 Å². The van der Waals surface area contributed by atoms with Gasteiger partial charge in [0.1, 0.15) is 0 Å². The molecule has 0 aliphatic carbocycles. The van der Waals surface area contributed by atoms with E-state index in [4.69, 9.17) is 0 Å². The van der Waals surface area contributed by atoms with Gasteiger partial charge < -0.3 is 0 Å². The summed E-state index contributed by atoms with van der Waals surface area (Å²) >= 11 is 0. The Morgan fingerprint density at radius 2 is 1.73 bits per heavy atom. The molecule has 0 aliphatic heterocycles. The molecule has 0 saturated heterocycles. The number of azo groups is 1. The first-order valence-corrected chi connectivity index (χ1v) is 3.49. The third kappa shape index (κ3) is 4.71. The summed E-state index contributed by atoms with van der Waals surface area (Å²) in [5.74, 6) is 0. The van der Waals surface area contributed by atoms with Gasteiger partial charge in [-0.3, -0.25) is 0 Å². The van der Waals surface area contributed by atoms with Crippen molar-refractivity contribution in [2.75, 3.05) is 7.05 Å². The van der Waals surface area contributed by atoms with E-state index in [0.29, 0.717) is 0 Å². The van der Waals surface area contributed by atoms with Crippen molar-refractivity contribution < 1.29 is 0 Å². The molecule has 0 amide bonds. The zero-order valence-corrected chi connectivity index (χ0v) is 7.47. The lowest BCUT2D eigenvalue weighted by atomic mass is 9.92. The van der Waals surface area contributed by atoms with Crippen LogP contribution in [0.4, 0.5) is 0 Å². The van der Waals surface area contributed by atoms with Crippen LogP contribution in [-0.4, -0.2) is 7.05 Å². The van der Waals surface area contributed by atoms with Crippen molar-refractivity contribution in [3.8, 4) is 0 Å². The maximum atomic E-state index is 4.00. The summed E-state index contributed by atoms with van der Waals surface area (Å²) in [6.45, 7) is 8.35. The lowest BCUT2D eigenvalue weighted by Crippen LogP contribution is -2.06. The van der Waals surface area contributed by atoms with Crippen LogP contribution in [-0.2, 0) is 0 Å². The van der Waals surface area contributed by atoms with Crippen molar-refractivity contribution in [3.05, 3.63) is 11.8 Å². The van der Waals surface area contributed by atoms with E-state index in [9.17, 15) is 0 Å². The van der Waals surface area contributed by atoms with E-state index in [-0.39, 0.29) is 12.8 Å². The van der Waals surface area contributed by atoms with Crippen molar-refractivity contribution in [1.82, 2.24) is 0 Å². The predicted molar refractivity (Wildman–Crippen MR) is 50.7 cm³/mol. The number of rotatable bonds is 1. The van der Waals surface area contributed by atoms with E-state index in [2.05, 4.69) is 31.0 Å². The van der Waals surface area contributed by atoms with E-state index in [1.54, 1.807) is 7.05 Å². The molecule has 11 heavy (non-hydrogen) atoms. The molecule has 0 fully saturated rings. The largest absolute Gasteiger partial charge is 0.192 e. The van der Waals surface area contributed by atoms with Crippen LogP contribution in [0.25, 0.3) is 0 Å². The van der Waals surface area contributed by atoms with Gasteiger partial charge in [-0.2, -0.15) is 10.2 Å². The molecule has 0 bridgehead atoms. The highest BCUT2D eigenvalue weighted by molar-refractivity contribution is 5.06. The Labute approximate surface area is 70.4 Å². The zero-order valence-electron chi connectivity index (χ0n) is 7.47. The normalized spacial score (nSPS) is 13.4. The smallest absolute Gasteiger partial charge is 0.0636 e. The molecule has 66 valence electrons. The minimum Gasteiger partial charge on any atom is -0.192 e. The van der Waals surface area contributed by atoms with E-state index in [0.717, 1.165) is 5.70 Å². The van der Waals surface area contributed by atoms with Gasteiger partial charge in [0.25, 0.3) is 0 Å². The first kappa shape index (κ1) is 13.0. The minimum absolute atomic E-state index is 0. The fraction of sp³-hybridized carbons (Fsp3) is 0.778. The molecule has 2 heteroatoms. The summed E-state index contributed by atoms with van der Waals surface area (Å²) in [7, 11) is 1.69. The van der Waals surface area contributed by atoms with Crippen molar-refractivity contribution in [1.29, 1.82) is 0 Å². The minimum atomic E-state index is 0. The fourth-order valence-corrected chi connectivity index (χ4v) is 0.748.